The van der Waals surface area contributed by atoms with E-state index in [9.17, 15) is 24.0 Å². The summed E-state index contributed by atoms with van der Waals surface area (Å²) in [6, 6.07) is 0. The van der Waals surface area contributed by atoms with Crippen LogP contribution in [0, 0.1) is 58.2 Å². The van der Waals surface area contributed by atoms with E-state index < -0.39 is 46.5 Å². The first-order valence-corrected chi connectivity index (χ1v) is 10.4. The highest BCUT2D eigenvalue weighted by molar-refractivity contribution is 6.02. The number of hydrogen-bond donors (Lipinski definition) is 0. The molecule has 0 aromatic heterocycles. The van der Waals surface area contributed by atoms with Gasteiger partial charge in [-0.25, -0.2) is 0 Å². The van der Waals surface area contributed by atoms with Gasteiger partial charge in [0.05, 0.1) is 23.7 Å². The van der Waals surface area contributed by atoms with E-state index >= 15 is 0 Å². The van der Waals surface area contributed by atoms with Crippen molar-refractivity contribution >= 4 is 29.7 Å². The standard InChI is InChI=1S/C21H20O7/c22-15-11-7-3-9(13(11)17(24)27-15)20(5-7)1-2-21(19(20)26)6-8-4-10(21)14-12(8)16(23)28-18(14)25/h7-14H,1-6H2/t7-,8?,9-,10-,11?,12?,13+,14+,20-,21-/m1/s1. The quantitative estimate of drug-likeness (QED) is 0.454. The van der Waals surface area contributed by atoms with E-state index in [4.69, 9.17) is 9.47 Å². The summed E-state index contributed by atoms with van der Waals surface area (Å²) >= 11 is 0. The maximum atomic E-state index is 14.0. The van der Waals surface area contributed by atoms with Gasteiger partial charge in [0.1, 0.15) is 5.78 Å². The highest BCUT2D eigenvalue weighted by Gasteiger charge is 2.78. The number of cyclic esters (lactones) is 4. The number of rotatable bonds is 0. The van der Waals surface area contributed by atoms with Crippen molar-refractivity contribution in [3.8, 4) is 0 Å². The molecule has 4 bridgehead atoms. The Morgan fingerprint density at radius 1 is 0.607 bits per heavy atom. The minimum absolute atomic E-state index is 0.0532. The van der Waals surface area contributed by atoms with E-state index in [1.165, 1.54) is 0 Å². The molecule has 5 aliphatic carbocycles. The third kappa shape index (κ3) is 1.40. The van der Waals surface area contributed by atoms with Gasteiger partial charge < -0.3 is 9.47 Å². The predicted molar refractivity (Wildman–Crippen MR) is 87.7 cm³/mol. The number of esters is 4. The molecule has 2 spiro atoms. The Morgan fingerprint density at radius 3 is 1.43 bits per heavy atom. The number of carbonyl (C=O) groups excluding carboxylic acids is 5. The lowest BCUT2D eigenvalue weighted by Crippen LogP contribution is -2.48. The molecule has 2 saturated heterocycles. The lowest BCUT2D eigenvalue weighted by atomic mass is 9.58. The molecule has 2 aliphatic heterocycles. The second-order valence-corrected chi connectivity index (χ2v) is 10.3. The smallest absolute Gasteiger partial charge is 0.317 e. The topological polar surface area (TPSA) is 104 Å². The van der Waals surface area contributed by atoms with Gasteiger partial charge in [-0.15, -0.1) is 0 Å². The number of fused-ring (bicyclic) bond motifs is 12. The monoisotopic (exact) mass is 384 g/mol. The van der Waals surface area contributed by atoms with Crippen LogP contribution in [0.2, 0.25) is 0 Å². The van der Waals surface area contributed by atoms with Gasteiger partial charge in [0, 0.05) is 10.8 Å². The molecule has 2 heterocycles. The van der Waals surface area contributed by atoms with Crippen LogP contribution in [0.3, 0.4) is 0 Å². The van der Waals surface area contributed by atoms with Crippen LogP contribution in [0.4, 0.5) is 0 Å². The van der Waals surface area contributed by atoms with Gasteiger partial charge >= 0.3 is 23.9 Å². The van der Waals surface area contributed by atoms with Crippen LogP contribution >= 0.6 is 0 Å². The van der Waals surface area contributed by atoms with Crippen molar-refractivity contribution in [1.82, 2.24) is 0 Å². The molecule has 5 saturated carbocycles. The zero-order chi connectivity index (χ0) is 19.2. The van der Waals surface area contributed by atoms with Crippen LogP contribution in [-0.4, -0.2) is 29.7 Å². The maximum Gasteiger partial charge on any atom is 0.317 e. The molecular weight excluding hydrogens is 364 g/mol. The Bertz CT molecular complexity index is 850. The van der Waals surface area contributed by atoms with Crippen LogP contribution in [0.15, 0.2) is 0 Å². The van der Waals surface area contributed by atoms with Crippen molar-refractivity contribution in [2.24, 2.45) is 58.2 Å². The Hall–Kier alpha value is -2.05. The maximum absolute atomic E-state index is 14.0. The number of hydrogen-bond acceptors (Lipinski definition) is 7. The van der Waals surface area contributed by atoms with E-state index in [1.807, 2.05) is 0 Å². The van der Waals surface area contributed by atoms with Crippen molar-refractivity contribution in [1.29, 1.82) is 0 Å². The predicted octanol–water partition coefficient (Wildman–Crippen LogP) is 1.03. The van der Waals surface area contributed by atoms with E-state index in [-0.39, 0.29) is 41.3 Å². The number of carbonyl (C=O) groups is 5. The van der Waals surface area contributed by atoms with Gasteiger partial charge in [-0.1, -0.05) is 0 Å². The summed E-state index contributed by atoms with van der Waals surface area (Å²) in [6.45, 7) is 0. The average molecular weight is 384 g/mol. The zero-order valence-corrected chi connectivity index (χ0v) is 15.2. The molecule has 7 fully saturated rings. The van der Waals surface area contributed by atoms with Gasteiger partial charge in [0.25, 0.3) is 0 Å². The third-order valence-corrected chi connectivity index (χ3v) is 9.85. The zero-order valence-electron chi connectivity index (χ0n) is 15.2. The molecule has 28 heavy (non-hydrogen) atoms. The van der Waals surface area contributed by atoms with Gasteiger partial charge in [0.2, 0.25) is 0 Å². The Balaban J connectivity index is 1.27. The lowest BCUT2D eigenvalue weighted by molar-refractivity contribution is -0.156. The van der Waals surface area contributed by atoms with Crippen LogP contribution in [-0.2, 0) is 33.4 Å². The van der Waals surface area contributed by atoms with Crippen LogP contribution < -0.4 is 0 Å². The van der Waals surface area contributed by atoms with Gasteiger partial charge in [-0.3, -0.25) is 24.0 Å². The average Bonchev–Trinajstić information content (AvgIpc) is 3.46. The number of Topliss-reactive ketones (excluding diaryl/α,β-unsaturated/α-hetero) is 1. The summed E-state index contributed by atoms with van der Waals surface area (Å²) in [5.41, 5.74) is -1.11. The second-order valence-electron chi connectivity index (χ2n) is 10.3. The van der Waals surface area contributed by atoms with E-state index in [0.29, 0.717) is 12.8 Å². The SMILES string of the molecule is O=C1OC(=O)[C@@H]2C1C1C[C@H]2[C@@]2(CC[C@]3(C[C@H]4C[C@@H]3[C@@H]3C(=O)OC(=O)C43)C2=O)C1. The van der Waals surface area contributed by atoms with Crippen LogP contribution in [0.1, 0.15) is 38.5 Å². The fraction of sp³-hybridized carbons (Fsp3) is 0.762. The fourth-order valence-electron chi connectivity index (χ4n) is 9.16. The molecule has 7 aliphatic rings. The van der Waals surface area contributed by atoms with Gasteiger partial charge in [-0.05, 0) is 62.2 Å². The summed E-state index contributed by atoms with van der Waals surface area (Å²) in [4.78, 5) is 62.8. The molecule has 0 aromatic carbocycles. The lowest BCUT2D eigenvalue weighted by Gasteiger charge is -2.41. The Morgan fingerprint density at radius 2 is 1.00 bits per heavy atom. The van der Waals surface area contributed by atoms with Crippen molar-refractivity contribution in [3.05, 3.63) is 0 Å². The first kappa shape index (κ1) is 15.8. The Kier molecular flexibility index (Phi) is 2.49. The van der Waals surface area contributed by atoms with Crippen LogP contribution in [0.25, 0.3) is 0 Å². The molecule has 0 N–H and O–H groups in total. The summed E-state index contributed by atoms with van der Waals surface area (Å²) in [6.07, 6.45) is 4.27. The van der Waals surface area contributed by atoms with Crippen molar-refractivity contribution in [2.45, 2.75) is 38.5 Å². The molecule has 3 unspecified atom stereocenters. The van der Waals surface area contributed by atoms with E-state index in [1.54, 1.807) is 0 Å². The van der Waals surface area contributed by atoms with E-state index in [0.717, 1.165) is 25.7 Å². The number of ether oxygens (including phenoxy) is 2. The molecule has 7 rings (SSSR count). The van der Waals surface area contributed by atoms with Gasteiger partial charge in [0.15, 0.2) is 0 Å². The van der Waals surface area contributed by atoms with E-state index in [2.05, 4.69) is 0 Å². The molecule has 7 nitrogen and oxygen atoms in total. The summed E-state index contributed by atoms with van der Waals surface area (Å²) in [5, 5.41) is 0. The Labute approximate surface area is 160 Å². The minimum Gasteiger partial charge on any atom is -0.393 e. The molecule has 0 aromatic rings. The molecule has 146 valence electrons. The fourth-order valence-corrected chi connectivity index (χ4v) is 9.16. The highest BCUT2D eigenvalue weighted by Crippen LogP contribution is 2.75. The molecular formula is C21H20O7. The normalized spacial score (nSPS) is 57.6. The minimum atomic E-state index is -0.554. The van der Waals surface area contributed by atoms with Crippen LogP contribution in [0.5, 0.6) is 0 Å². The molecule has 0 radical (unpaired) electrons. The largest absolute Gasteiger partial charge is 0.393 e. The molecule has 0 amide bonds. The molecule has 10 atom stereocenters. The van der Waals surface area contributed by atoms with Crippen molar-refractivity contribution in [3.63, 3.8) is 0 Å². The molecule has 7 heteroatoms. The number of ketones is 1. The summed E-state index contributed by atoms with van der Waals surface area (Å²) < 4.78 is 9.82. The van der Waals surface area contributed by atoms with Crippen molar-refractivity contribution < 1.29 is 33.4 Å². The summed E-state index contributed by atoms with van der Waals surface area (Å²) in [5.74, 6) is -3.28. The second kappa shape index (κ2) is 4.41. The first-order chi connectivity index (χ1) is 13.4. The van der Waals surface area contributed by atoms with Crippen molar-refractivity contribution in [2.75, 3.05) is 0 Å². The summed E-state index contributed by atoms with van der Waals surface area (Å²) in [7, 11) is 0. The first-order valence-electron chi connectivity index (χ1n) is 10.4. The van der Waals surface area contributed by atoms with Gasteiger partial charge in [-0.2, -0.15) is 0 Å². The third-order valence-electron chi connectivity index (χ3n) is 9.85. The highest BCUT2D eigenvalue weighted by atomic mass is 16.6.